The summed E-state index contributed by atoms with van der Waals surface area (Å²) in [5.74, 6) is -0.354. The van der Waals surface area contributed by atoms with Gasteiger partial charge in [0, 0.05) is 37.2 Å². The lowest BCUT2D eigenvalue weighted by atomic mass is 10.1. The Morgan fingerprint density at radius 3 is 3.14 bits per heavy atom. The summed E-state index contributed by atoms with van der Waals surface area (Å²) in [5.41, 5.74) is 3.13. The third kappa shape index (κ3) is 3.22. The van der Waals surface area contributed by atoms with Crippen LogP contribution in [-0.2, 0) is 24.3 Å². The zero-order valence-corrected chi connectivity index (χ0v) is 11.5. The Labute approximate surface area is 121 Å². The summed E-state index contributed by atoms with van der Waals surface area (Å²) >= 11 is 0. The Balaban J connectivity index is 1.69. The quantitative estimate of drug-likeness (QED) is 0.902. The van der Waals surface area contributed by atoms with Crippen molar-refractivity contribution in [2.75, 3.05) is 13.2 Å². The maximum atomic E-state index is 10.6. The average molecular weight is 288 g/mol. The van der Waals surface area contributed by atoms with Crippen LogP contribution in [0.5, 0.6) is 5.75 Å². The molecule has 0 fully saturated rings. The van der Waals surface area contributed by atoms with Crippen LogP contribution < -0.4 is 4.74 Å². The van der Waals surface area contributed by atoms with Gasteiger partial charge in [0.25, 0.3) is 0 Å². The third-order valence-electron chi connectivity index (χ3n) is 3.51. The molecule has 0 saturated carbocycles. The van der Waals surface area contributed by atoms with Gasteiger partial charge in [-0.2, -0.15) is 0 Å². The molecular weight excluding hydrogens is 272 g/mol. The molecule has 0 atom stereocenters. The number of aliphatic carboxylic acids is 1. The summed E-state index contributed by atoms with van der Waals surface area (Å²) in [5, 5.41) is 12.7. The second-order valence-electron chi connectivity index (χ2n) is 5.04. The summed E-state index contributed by atoms with van der Waals surface area (Å²) in [7, 11) is 0. The summed E-state index contributed by atoms with van der Waals surface area (Å²) < 4.78 is 10.3. The van der Waals surface area contributed by atoms with Crippen molar-refractivity contribution in [2.45, 2.75) is 19.5 Å². The van der Waals surface area contributed by atoms with E-state index in [9.17, 15) is 4.79 Å². The second kappa shape index (κ2) is 5.97. The van der Waals surface area contributed by atoms with E-state index >= 15 is 0 Å². The Morgan fingerprint density at radius 2 is 2.29 bits per heavy atom. The molecular formula is C15H16N2O4. The van der Waals surface area contributed by atoms with Gasteiger partial charge in [-0.05, 0) is 6.07 Å². The molecule has 3 rings (SSSR count). The average Bonchev–Trinajstić information content (AvgIpc) is 2.94. The van der Waals surface area contributed by atoms with Crippen LogP contribution in [0.4, 0.5) is 0 Å². The molecule has 110 valence electrons. The van der Waals surface area contributed by atoms with E-state index in [4.69, 9.17) is 14.4 Å². The van der Waals surface area contributed by atoms with Crippen molar-refractivity contribution in [2.24, 2.45) is 0 Å². The molecule has 21 heavy (non-hydrogen) atoms. The monoisotopic (exact) mass is 288 g/mol. The minimum Gasteiger partial charge on any atom is -0.482 e. The van der Waals surface area contributed by atoms with Gasteiger partial charge < -0.3 is 14.4 Å². The van der Waals surface area contributed by atoms with Crippen molar-refractivity contribution >= 4 is 5.97 Å². The van der Waals surface area contributed by atoms with Crippen LogP contribution >= 0.6 is 0 Å². The van der Waals surface area contributed by atoms with Gasteiger partial charge in [-0.15, -0.1) is 0 Å². The largest absolute Gasteiger partial charge is 0.482 e. The summed E-state index contributed by atoms with van der Waals surface area (Å²) in [4.78, 5) is 12.9. The van der Waals surface area contributed by atoms with E-state index in [1.54, 1.807) is 12.3 Å². The number of para-hydroxylation sites is 1. The predicted molar refractivity (Wildman–Crippen MR) is 73.9 cm³/mol. The number of benzene rings is 1. The fraction of sp³-hybridized carbons (Fsp3) is 0.333. The number of hydrogen-bond acceptors (Lipinski definition) is 5. The van der Waals surface area contributed by atoms with Gasteiger partial charge in [-0.3, -0.25) is 4.90 Å². The van der Waals surface area contributed by atoms with E-state index < -0.39 is 5.97 Å². The molecule has 6 nitrogen and oxygen atoms in total. The van der Waals surface area contributed by atoms with Gasteiger partial charge in [0.1, 0.15) is 12.0 Å². The maximum Gasteiger partial charge on any atom is 0.341 e. The molecule has 1 N–H and O–H groups in total. The summed E-state index contributed by atoms with van der Waals surface area (Å²) in [6, 6.07) is 7.53. The lowest BCUT2D eigenvalue weighted by Crippen LogP contribution is -2.29. The van der Waals surface area contributed by atoms with Crippen LogP contribution in [0.15, 0.2) is 35.1 Å². The van der Waals surface area contributed by atoms with E-state index in [1.165, 1.54) is 0 Å². The number of ether oxygens (including phenoxy) is 1. The molecule has 6 heteroatoms. The van der Waals surface area contributed by atoms with Crippen LogP contribution in [0, 0.1) is 0 Å². The van der Waals surface area contributed by atoms with E-state index in [0.29, 0.717) is 12.3 Å². The molecule has 1 aliphatic heterocycles. The number of hydrogen-bond donors (Lipinski definition) is 1. The molecule has 0 radical (unpaired) electrons. The highest BCUT2D eigenvalue weighted by Crippen LogP contribution is 2.24. The SMILES string of the molecule is O=C(O)COc1ccccc1CN1CCc2nocc2C1. The smallest absolute Gasteiger partial charge is 0.341 e. The molecule has 1 aliphatic rings. The second-order valence-corrected chi connectivity index (χ2v) is 5.04. The summed E-state index contributed by atoms with van der Waals surface area (Å²) in [6.45, 7) is 2.06. The Bertz CT molecular complexity index is 638. The van der Waals surface area contributed by atoms with Crippen LogP contribution in [0.2, 0.25) is 0 Å². The van der Waals surface area contributed by atoms with Crippen LogP contribution in [0.25, 0.3) is 0 Å². The zero-order valence-electron chi connectivity index (χ0n) is 11.5. The lowest BCUT2D eigenvalue weighted by Gasteiger charge is -2.26. The van der Waals surface area contributed by atoms with Crippen molar-refractivity contribution < 1.29 is 19.2 Å². The molecule has 0 bridgehead atoms. The molecule has 0 spiro atoms. The van der Waals surface area contributed by atoms with Crippen molar-refractivity contribution in [1.29, 1.82) is 0 Å². The predicted octanol–water partition coefficient (Wildman–Crippen LogP) is 1.70. The Hall–Kier alpha value is -2.34. The number of rotatable bonds is 5. The highest BCUT2D eigenvalue weighted by molar-refractivity contribution is 5.68. The molecule has 0 aliphatic carbocycles. The van der Waals surface area contributed by atoms with E-state index in [1.807, 2.05) is 18.2 Å². The minimum absolute atomic E-state index is 0.327. The number of nitrogens with zero attached hydrogens (tertiary/aromatic N) is 2. The van der Waals surface area contributed by atoms with Crippen molar-refractivity contribution in [3.05, 3.63) is 47.3 Å². The van der Waals surface area contributed by atoms with Gasteiger partial charge >= 0.3 is 5.97 Å². The Morgan fingerprint density at radius 1 is 1.43 bits per heavy atom. The molecule has 0 saturated heterocycles. The van der Waals surface area contributed by atoms with Gasteiger partial charge in [0.05, 0.1) is 5.69 Å². The first kappa shape index (κ1) is 13.6. The summed E-state index contributed by atoms with van der Waals surface area (Å²) in [6.07, 6.45) is 2.55. The molecule has 1 aromatic carbocycles. The van der Waals surface area contributed by atoms with Crippen molar-refractivity contribution in [1.82, 2.24) is 10.1 Å². The molecule has 0 amide bonds. The Kier molecular flexibility index (Phi) is 3.87. The van der Waals surface area contributed by atoms with Crippen LogP contribution in [0.3, 0.4) is 0 Å². The minimum atomic E-state index is -0.975. The van der Waals surface area contributed by atoms with Crippen LogP contribution in [-0.4, -0.2) is 34.3 Å². The van der Waals surface area contributed by atoms with E-state index in [2.05, 4.69) is 10.1 Å². The third-order valence-corrected chi connectivity index (χ3v) is 3.51. The number of carboxylic acid groups (broad SMARTS) is 1. The maximum absolute atomic E-state index is 10.6. The first-order valence-corrected chi connectivity index (χ1v) is 6.79. The van der Waals surface area contributed by atoms with Gasteiger partial charge in [0.15, 0.2) is 6.61 Å². The number of carboxylic acids is 1. The van der Waals surface area contributed by atoms with Crippen molar-refractivity contribution in [3.63, 3.8) is 0 Å². The lowest BCUT2D eigenvalue weighted by molar-refractivity contribution is -0.139. The van der Waals surface area contributed by atoms with E-state index in [-0.39, 0.29) is 6.61 Å². The number of fused-ring (bicyclic) bond motifs is 1. The fourth-order valence-electron chi connectivity index (χ4n) is 2.49. The number of carbonyl (C=O) groups is 1. The standard InChI is InChI=1S/C15H16N2O4/c18-15(19)10-20-14-4-2-1-3-11(14)7-17-6-5-13-12(8-17)9-21-16-13/h1-4,9H,5-8,10H2,(H,18,19). The molecule has 0 unspecified atom stereocenters. The molecule has 2 heterocycles. The zero-order chi connectivity index (χ0) is 14.7. The number of aromatic nitrogens is 1. The van der Waals surface area contributed by atoms with Crippen LogP contribution in [0.1, 0.15) is 16.8 Å². The van der Waals surface area contributed by atoms with E-state index in [0.717, 1.165) is 36.3 Å². The highest BCUT2D eigenvalue weighted by Gasteiger charge is 2.20. The highest BCUT2D eigenvalue weighted by atomic mass is 16.5. The van der Waals surface area contributed by atoms with Gasteiger partial charge in [0.2, 0.25) is 0 Å². The first-order chi connectivity index (χ1) is 10.2. The van der Waals surface area contributed by atoms with Gasteiger partial charge in [-0.25, -0.2) is 4.79 Å². The fourth-order valence-corrected chi connectivity index (χ4v) is 2.49. The normalized spacial score (nSPS) is 14.7. The first-order valence-electron chi connectivity index (χ1n) is 6.79. The topological polar surface area (TPSA) is 75.8 Å². The molecule has 2 aromatic rings. The van der Waals surface area contributed by atoms with Gasteiger partial charge in [-0.1, -0.05) is 23.4 Å². The van der Waals surface area contributed by atoms with Crippen molar-refractivity contribution in [3.8, 4) is 5.75 Å². The molecule has 1 aromatic heterocycles.